The molecule has 0 saturated heterocycles. The van der Waals surface area contributed by atoms with Crippen LogP contribution in [0.5, 0.6) is 0 Å². The van der Waals surface area contributed by atoms with Crippen LogP contribution in [0.1, 0.15) is 29.7 Å². The highest BCUT2D eigenvalue weighted by molar-refractivity contribution is 5.98. The van der Waals surface area contributed by atoms with Crippen LogP contribution in [0, 0.1) is 0 Å². The van der Waals surface area contributed by atoms with Crippen molar-refractivity contribution in [3.63, 3.8) is 0 Å². The predicted molar refractivity (Wildman–Crippen MR) is 96.8 cm³/mol. The largest absolute Gasteiger partial charge is 0.416 e. The van der Waals surface area contributed by atoms with Crippen LogP contribution in [0.15, 0.2) is 65.9 Å². The van der Waals surface area contributed by atoms with Gasteiger partial charge in [0.15, 0.2) is 0 Å². The average Bonchev–Trinajstić information content (AvgIpc) is 2.66. The molecule has 0 fully saturated rings. The summed E-state index contributed by atoms with van der Waals surface area (Å²) in [6, 6.07) is 12.3. The number of allylic oxidation sites excluding steroid dienone is 1. The second-order valence-electron chi connectivity index (χ2n) is 6.36. The Kier molecular flexibility index (Phi) is 5.39. The molecular weight excluding hydrogens is 371 g/mol. The average molecular weight is 389 g/mol. The first-order chi connectivity index (χ1) is 13.3. The van der Waals surface area contributed by atoms with Crippen molar-refractivity contribution in [2.75, 3.05) is 0 Å². The number of alkyl halides is 3. The minimum Gasteiger partial charge on any atom is -0.348 e. The molecular formula is C20H18F3N3O2. The number of nitrogens with one attached hydrogen (secondary N) is 3. The molecule has 28 heavy (non-hydrogen) atoms. The standard InChI is InChI=1S/C20H18F3N3O2/c1-12-16(18(27)24-11-13-5-3-2-4-6-13)17(26-19(28)25-12)14-7-9-15(10-8-14)20(21,22)23/h2-10,17H,11H2,1H3,(H,24,27)(H2,25,26,28). The van der Waals surface area contributed by atoms with Gasteiger partial charge >= 0.3 is 12.2 Å². The van der Waals surface area contributed by atoms with Crippen molar-refractivity contribution in [1.29, 1.82) is 0 Å². The van der Waals surface area contributed by atoms with Crippen LogP contribution in [-0.2, 0) is 17.5 Å². The lowest BCUT2D eigenvalue weighted by atomic mass is 9.94. The number of amides is 3. The normalized spacial score (nSPS) is 17.0. The highest BCUT2D eigenvalue weighted by Crippen LogP contribution is 2.32. The van der Waals surface area contributed by atoms with Gasteiger partial charge in [-0.3, -0.25) is 4.79 Å². The van der Waals surface area contributed by atoms with Gasteiger partial charge in [0.25, 0.3) is 5.91 Å². The fourth-order valence-corrected chi connectivity index (χ4v) is 2.98. The quantitative estimate of drug-likeness (QED) is 0.747. The molecule has 0 spiro atoms. The molecule has 2 aromatic carbocycles. The van der Waals surface area contributed by atoms with E-state index in [-0.39, 0.29) is 12.1 Å². The van der Waals surface area contributed by atoms with E-state index in [1.807, 2.05) is 30.3 Å². The van der Waals surface area contributed by atoms with Crippen molar-refractivity contribution in [3.8, 4) is 0 Å². The lowest BCUT2D eigenvalue weighted by molar-refractivity contribution is -0.137. The Bertz CT molecular complexity index is 907. The molecule has 1 unspecified atom stereocenters. The highest BCUT2D eigenvalue weighted by atomic mass is 19.4. The molecule has 0 aromatic heterocycles. The summed E-state index contributed by atoms with van der Waals surface area (Å²) in [7, 11) is 0. The summed E-state index contributed by atoms with van der Waals surface area (Å²) in [6.45, 7) is 1.86. The molecule has 0 aliphatic carbocycles. The topological polar surface area (TPSA) is 70.2 Å². The molecule has 2 aromatic rings. The van der Waals surface area contributed by atoms with E-state index in [9.17, 15) is 22.8 Å². The third-order valence-electron chi connectivity index (χ3n) is 4.38. The van der Waals surface area contributed by atoms with Gasteiger partial charge in [0, 0.05) is 12.2 Å². The fraction of sp³-hybridized carbons (Fsp3) is 0.200. The molecule has 0 bridgehead atoms. The maximum Gasteiger partial charge on any atom is 0.416 e. The van der Waals surface area contributed by atoms with E-state index in [4.69, 9.17) is 0 Å². The molecule has 0 saturated carbocycles. The Morgan fingerprint density at radius 1 is 1.07 bits per heavy atom. The minimum atomic E-state index is -4.46. The minimum absolute atomic E-state index is 0.246. The van der Waals surface area contributed by atoms with Gasteiger partial charge in [-0.15, -0.1) is 0 Å². The van der Waals surface area contributed by atoms with Crippen molar-refractivity contribution in [1.82, 2.24) is 16.0 Å². The Labute approximate surface area is 159 Å². The summed E-state index contributed by atoms with van der Waals surface area (Å²) < 4.78 is 38.4. The van der Waals surface area contributed by atoms with E-state index < -0.39 is 29.7 Å². The van der Waals surface area contributed by atoms with Crippen molar-refractivity contribution in [2.45, 2.75) is 25.7 Å². The third kappa shape index (κ3) is 4.33. The van der Waals surface area contributed by atoms with E-state index in [0.29, 0.717) is 11.3 Å². The van der Waals surface area contributed by atoms with Crippen molar-refractivity contribution < 1.29 is 22.8 Å². The van der Waals surface area contributed by atoms with Gasteiger partial charge in [-0.05, 0) is 30.2 Å². The zero-order valence-electron chi connectivity index (χ0n) is 14.9. The summed E-state index contributed by atoms with van der Waals surface area (Å²) in [5, 5.41) is 7.91. The number of urea groups is 1. The highest BCUT2D eigenvalue weighted by Gasteiger charge is 2.33. The summed E-state index contributed by atoms with van der Waals surface area (Å²) >= 11 is 0. The first kappa shape index (κ1) is 19.5. The summed E-state index contributed by atoms with van der Waals surface area (Å²) in [6.07, 6.45) is -4.46. The lowest BCUT2D eigenvalue weighted by Crippen LogP contribution is -2.46. The molecule has 8 heteroatoms. The predicted octanol–water partition coefficient (Wildman–Crippen LogP) is 3.65. The summed E-state index contributed by atoms with van der Waals surface area (Å²) in [5.41, 5.74) is 1.07. The zero-order chi connectivity index (χ0) is 20.3. The molecule has 146 valence electrons. The molecule has 0 radical (unpaired) electrons. The van der Waals surface area contributed by atoms with E-state index >= 15 is 0 Å². The molecule has 3 N–H and O–H groups in total. The van der Waals surface area contributed by atoms with E-state index in [1.54, 1.807) is 6.92 Å². The van der Waals surface area contributed by atoms with Gasteiger partial charge in [0.1, 0.15) is 0 Å². The second kappa shape index (κ2) is 7.75. The maximum absolute atomic E-state index is 12.8. The first-order valence-electron chi connectivity index (χ1n) is 8.53. The SMILES string of the molecule is CC1=C(C(=O)NCc2ccccc2)C(c2ccc(C(F)(F)F)cc2)NC(=O)N1. The van der Waals surface area contributed by atoms with Crippen LogP contribution in [-0.4, -0.2) is 11.9 Å². The van der Waals surface area contributed by atoms with Gasteiger partial charge in [0.2, 0.25) is 0 Å². The van der Waals surface area contributed by atoms with Gasteiger partial charge in [-0.2, -0.15) is 13.2 Å². The zero-order valence-corrected chi connectivity index (χ0v) is 14.9. The van der Waals surface area contributed by atoms with Crippen LogP contribution in [0.4, 0.5) is 18.0 Å². The van der Waals surface area contributed by atoms with Gasteiger partial charge in [-0.1, -0.05) is 42.5 Å². The molecule has 1 heterocycles. The number of rotatable bonds is 4. The smallest absolute Gasteiger partial charge is 0.348 e. The molecule has 1 aliphatic rings. The van der Waals surface area contributed by atoms with E-state index in [0.717, 1.165) is 17.7 Å². The second-order valence-corrected chi connectivity index (χ2v) is 6.36. The van der Waals surface area contributed by atoms with Gasteiger partial charge in [0.05, 0.1) is 17.2 Å². The number of benzene rings is 2. The fourth-order valence-electron chi connectivity index (χ4n) is 2.98. The van der Waals surface area contributed by atoms with E-state index in [1.165, 1.54) is 12.1 Å². The Balaban J connectivity index is 1.85. The first-order valence-corrected chi connectivity index (χ1v) is 8.53. The van der Waals surface area contributed by atoms with Crippen LogP contribution in [0.2, 0.25) is 0 Å². The number of hydrogen-bond acceptors (Lipinski definition) is 2. The lowest BCUT2D eigenvalue weighted by Gasteiger charge is -2.29. The number of hydrogen-bond donors (Lipinski definition) is 3. The Morgan fingerprint density at radius 2 is 1.71 bits per heavy atom. The third-order valence-corrected chi connectivity index (χ3v) is 4.38. The van der Waals surface area contributed by atoms with Crippen LogP contribution < -0.4 is 16.0 Å². The monoisotopic (exact) mass is 389 g/mol. The van der Waals surface area contributed by atoms with Gasteiger partial charge < -0.3 is 16.0 Å². The van der Waals surface area contributed by atoms with Gasteiger partial charge in [-0.25, -0.2) is 4.79 Å². The van der Waals surface area contributed by atoms with E-state index in [2.05, 4.69) is 16.0 Å². The number of halogens is 3. The Morgan fingerprint density at radius 3 is 2.32 bits per heavy atom. The summed E-state index contributed by atoms with van der Waals surface area (Å²) in [4.78, 5) is 24.6. The summed E-state index contributed by atoms with van der Waals surface area (Å²) in [5.74, 6) is -0.418. The number of carbonyl (C=O) groups excluding carboxylic acids is 2. The molecule has 3 amide bonds. The molecule has 1 aliphatic heterocycles. The Hall–Kier alpha value is -3.29. The maximum atomic E-state index is 12.8. The van der Waals surface area contributed by atoms with Crippen molar-refractivity contribution >= 4 is 11.9 Å². The van der Waals surface area contributed by atoms with Crippen LogP contribution >= 0.6 is 0 Å². The molecule has 1 atom stereocenters. The van der Waals surface area contributed by atoms with Crippen LogP contribution in [0.3, 0.4) is 0 Å². The molecule has 5 nitrogen and oxygen atoms in total. The molecule has 3 rings (SSSR count). The van der Waals surface area contributed by atoms with Crippen LogP contribution in [0.25, 0.3) is 0 Å². The van der Waals surface area contributed by atoms with Crippen molar-refractivity contribution in [3.05, 3.63) is 82.6 Å². The van der Waals surface area contributed by atoms with Crippen molar-refractivity contribution in [2.24, 2.45) is 0 Å². The number of carbonyl (C=O) groups is 2.